The number of aryl methyl sites for hydroxylation is 15. The van der Waals surface area contributed by atoms with Crippen LogP contribution in [0.15, 0.2) is 546 Å². The normalized spacial score (nSPS) is 9.58. The van der Waals surface area contributed by atoms with Gasteiger partial charge in [0.1, 0.15) is 28.9 Å². The van der Waals surface area contributed by atoms with E-state index < -0.39 is 0 Å². The van der Waals surface area contributed by atoms with Crippen LogP contribution in [0.2, 0.25) is 0 Å². The second-order valence-corrected chi connectivity index (χ2v) is 34.4. The lowest BCUT2D eigenvalue weighted by atomic mass is 10.1. The first kappa shape index (κ1) is 114. The summed E-state index contributed by atoms with van der Waals surface area (Å²) in [4.78, 5) is 56.3. The van der Waals surface area contributed by atoms with E-state index in [0.29, 0.717) is 40.8 Å². The largest absolute Gasteiger partial charge is 0.262 e. The minimum absolute atomic E-state index is 0.564. The zero-order chi connectivity index (χ0) is 106. The molecule has 23 rings (SSSR count). The summed E-state index contributed by atoms with van der Waals surface area (Å²) >= 11 is 0. The Morgan fingerprint density at radius 3 is 0.470 bits per heavy atom. The molecule has 0 bridgehead atoms. The first-order chi connectivity index (χ1) is 72.6. The molecule has 16 aromatic carbocycles. The van der Waals surface area contributed by atoms with Crippen molar-refractivity contribution in [3.05, 3.63) is 631 Å². The van der Waals surface area contributed by atoms with Crippen molar-refractivity contribution < 1.29 is 0 Å². The van der Waals surface area contributed by atoms with Gasteiger partial charge in [0.05, 0.1) is 0 Å². The van der Waals surface area contributed by atoms with E-state index in [-0.39, 0.29) is 0 Å². The molecular formula is C136H135N13. The predicted molar refractivity (Wildman–Crippen MR) is 627 cm³/mol. The van der Waals surface area contributed by atoms with Gasteiger partial charge in [-0.25, -0.2) is 44.9 Å². The van der Waals surface area contributed by atoms with Crippen molar-refractivity contribution in [2.75, 3.05) is 0 Å². The van der Waals surface area contributed by atoms with E-state index in [2.05, 4.69) is 316 Å². The third-order valence-electron chi connectivity index (χ3n) is 21.1. The fourth-order valence-corrected chi connectivity index (χ4v) is 13.3. The fraction of sp³-hybridized carbons (Fsp3) is 0.110. The minimum Gasteiger partial charge on any atom is -0.262 e. The van der Waals surface area contributed by atoms with Crippen molar-refractivity contribution in [1.82, 2.24) is 64.8 Å². The van der Waals surface area contributed by atoms with Crippen molar-refractivity contribution in [3.63, 3.8) is 0 Å². The fourth-order valence-electron chi connectivity index (χ4n) is 13.3. The molecule has 0 radical (unpaired) electrons. The minimum atomic E-state index is 0.564. The van der Waals surface area contributed by atoms with Crippen LogP contribution >= 0.6 is 0 Å². The van der Waals surface area contributed by atoms with Crippen molar-refractivity contribution in [1.29, 1.82) is 0 Å². The Morgan fingerprint density at radius 1 is 0.121 bits per heavy atom. The average Bonchev–Trinajstić information content (AvgIpc) is 0.839. The highest BCUT2D eigenvalue weighted by molar-refractivity contribution is 5.84. The monoisotopic (exact) mass is 1950 g/mol. The molecule has 0 fully saturated rings. The quantitative estimate of drug-likeness (QED) is 0.154. The molecule has 0 spiro atoms. The molecule has 0 N–H and O–H groups in total. The molecule has 149 heavy (non-hydrogen) atoms. The van der Waals surface area contributed by atoms with Crippen LogP contribution in [-0.4, -0.2) is 64.8 Å². The van der Waals surface area contributed by atoms with Crippen molar-refractivity contribution in [2.24, 2.45) is 0 Å². The Labute approximate surface area is 883 Å². The Hall–Kier alpha value is -18.3. The maximum atomic E-state index is 4.55. The Morgan fingerprint density at radius 2 is 0.295 bits per heavy atom. The van der Waals surface area contributed by atoms with Crippen LogP contribution in [-0.2, 0) is 0 Å². The Kier molecular flexibility index (Phi) is 52.2. The molecule has 23 aromatic rings. The van der Waals surface area contributed by atoms with Crippen molar-refractivity contribution in [3.8, 4) is 68.6 Å². The van der Waals surface area contributed by atoms with Crippen molar-refractivity contribution in [2.45, 2.75) is 104 Å². The van der Waals surface area contributed by atoms with E-state index in [0.717, 1.165) is 56.7 Å². The molecular weight excluding hydrogens is 1820 g/mol. The average molecular weight is 1950 g/mol. The zero-order valence-corrected chi connectivity index (χ0v) is 88.3. The number of benzene rings is 16. The summed E-state index contributed by atoms with van der Waals surface area (Å²) in [5.74, 6) is 6.09. The Bertz CT molecular complexity index is 6280. The Balaban J connectivity index is 0.000000181. The van der Waals surface area contributed by atoms with Crippen LogP contribution in [0.4, 0.5) is 0 Å². The van der Waals surface area contributed by atoms with Gasteiger partial charge >= 0.3 is 0 Å². The highest BCUT2D eigenvalue weighted by atomic mass is 15.1. The number of fused-ring (bicyclic) bond motifs is 2. The summed E-state index contributed by atoms with van der Waals surface area (Å²) in [5, 5.41) is 5.29. The molecule has 0 unspecified atom stereocenters. The van der Waals surface area contributed by atoms with E-state index in [4.69, 9.17) is 0 Å². The molecule has 0 amide bonds. The van der Waals surface area contributed by atoms with Crippen molar-refractivity contribution >= 4 is 21.5 Å². The van der Waals surface area contributed by atoms with Crippen LogP contribution in [0.3, 0.4) is 0 Å². The molecule has 0 aliphatic carbocycles. The van der Waals surface area contributed by atoms with Crippen LogP contribution in [0.5, 0.6) is 0 Å². The zero-order valence-electron chi connectivity index (χ0n) is 88.3. The highest BCUT2D eigenvalue weighted by Gasteiger charge is 2.12. The number of hydrogen-bond acceptors (Lipinski definition) is 13. The summed E-state index contributed by atoms with van der Waals surface area (Å²) in [6, 6.07) is 175. The SMILES string of the molecule is Cc1ccc2ccccc2c1.Cc1ccc2ccccc2c1.Cc1ccccc1.Cc1ccccc1.Cc1ccccc1.Cc1ccccc1.Cc1ccccc1.Cc1ccccc1.Cc1ccccc1.Cc1ccccc1.Cc1ccccn1.Cc1ccccn1.Cc1nc(-c2ccccc2)nc(-c2ccccc2)n1.Cc1nc(-c2ccccc2)nc(-c2ccccc2)n1.Cc1nc(-c2ccccn2)nc(-c2ccccn2)n1. The van der Waals surface area contributed by atoms with Gasteiger partial charge in [-0.05, 0) is 174 Å². The number of pyridine rings is 4. The van der Waals surface area contributed by atoms with E-state index in [1.807, 2.05) is 374 Å². The standard InChI is InChI=1S/2C16H13N3.C14H11N5.2C11H10.8C7H8.2C6H7N/c2*1-12-17-15(13-8-4-2-5-9-13)19-16(18-12)14-10-6-3-7-11-14;1-10-17-13(11-6-2-4-8-15-11)19-14(18-10)12-7-3-5-9-16-12;2*1-9-6-7-10-4-2-3-5-11(10)8-9;8*1-7-5-3-2-4-6-7;2*1-6-4-2-3-5-7-6/h2*2-11H,1H3;2-9H,1H3;2*2-8H,1H3;8*2-6H,1H3;2*2-5H,1H3. The van der Waals surface area contributed by atoms with E-state index in [1.54, 1.807) is 24.8 Å². The topological polar surface area (TPSA) is 168 Å². The van der Waals surface area contributed by atoms with Crippen LogP contribution in [0.25, 0.3) is 90.1 Å². The van der Waals surface area contributed by atoms with Gasteiger partial charge in [0.25, 0.3) is 0 Å². The molecule has 0 atom stereocenters. The van der Waals surface area contributed by atoms with Crippen LogP contribution in [0, 0.1) is 104 Å². The predicted octanol–water partition coefficient (Wildman–Crippen LogP) is 34.4. The number of rotatable bonds is 6. The molecule has 7 aromatic heterocycles. The third-order valence-corrected chi connectivity index (χ3v) is 21.1. The first-order valence-corrected chi connectivity index (χ1v) is 49.7. The second kappa shape index (κ2) is 68.0. The molecule has 0 saturated heterocycles. The van der Waals surface area contributed by atoms with Gasteiger partial charge in [-0.1, -0.05) is 529 Å². The van der Waals surface area contributed by atoms with Crippen LogP contribution in [0.1, 0.15) is 84.5 Å². The van der Waals surface area contributed by atoms with Gasteiger partial charge < -0.3 is 0 Å². The summed E-state index contributed by atoms with van der Waals surface area (Å²) in [5.41, 5.74) is 20.8. The van der Waals surface area contributed by atoms with Gasteiger partial charge in [-0.3, -0.25) is 19.9 Å². The van der Waals surface area contributed by atoms with Crippen LogP contribution < -0.4 is 0 Å². The summed E-state index contributed by atoms with van der Waals surface area (Å²) in [7, 11) is 0. The van der Waals surface area contributed by atoms with Gasteiger partial charge in [-0.15, -0.1) is 0 Å². The second-order valence-electron chi connectivity index (χ2n) is 34.4. The maximum Gasteiger partial charge on any atom is 0.182 e. The van der Waals surface area contributed by atoms with Gasteiger partial charge in [0, 0.05) is 58.4 Å². The number of nitrogens with zero attached hydrogens (tertiary/aromatic N) is 13. The number of hydrogen-bond donors (Lipinski definition) is 0. The van der Waals surface area contributed by atoms with E-state index >= 15 is 0 Å². The smallest absolute Gasteiger partial charge is 0.182 e. The first-order valence-electron chi connectivity index (χ1n) is 49.7. The summed E-state index contributed by atoms with van der Waals surface area (Å²) < 4.78 is 0. The van der Waals surface area contributed by atoms with E-state index in [1.165, 1.54) is 77.2 Å². The molecule has 0 aliphatic rings. The van der Waals surface area contributed by atoms with Gasteiger partial charge in [0.2, 0.25) is 0 Å². The molecule has 7 heterocycles. The van der Waals surface area contributed by atoms with Gasteiger partial charge in [-0.2, -0.15) is 0 Å². The van der Waals surface area contributed by atoms with Gasteiger partial charge in [0.15, 0.2) is 34.9 Å². The summed E-state index contributed by atoms with van der Waals surface area (Å²) in [6.07, 6.45) is 7.01. The molecule has 13 heteroatoms. The maximum absolute atomic E-state index is 4.55. The molecule has 744 valence electrons. The lowest BCUT2D eigenvalue weighted by molar-refractivity contribution is 0.975. The molecule has 13 nitrogen and oxygen atoms in total. The lowest BCUT2D eigenvalue weighted by Crippen LogP contribution is -2.01. The molecule has 0 aliphatic heterocycles. The van der Waals surface area contributed by atoms with E-state index in [9.17, 15) is 0 Å². The third kappa shape index (κ3) is 48.1. The summed E-state index contributed by atoms with van der Waals surface area (Å²) in [6.45, 7) is 30.5. The lowest BCUT2D eigenvalue weighted by Gasteiger charge is -2.05. The molecule has 0 saturated carbocycles. The highest BCUT2D eigenvalue weighted by Crippen LogP contribution is 2.24. The number of aromatic nitrogens is 13.